The minimum absolute atomic E-state index is 0.117. The van der Waals surface area contributed by atoms with Crippen LogP contribution in [0.25, 0.3) is 0 Å². The Kier molecular flexibility index (Phi) is 5.73. The zero-order chi connectivity index (χ0) is 20.4. The Balaban J connectivity index is 1.57. The van der Waals surface area contributed by atoms with Crippen LogP contribution >= 0.6 is 11.3 Å². The Morgan fingerprint density at radius 2 is 2.07 bits per heavy atom. The van der Waals surface area contributed by atoms with E-state index >= 15 is 0 Å². The Labute approximate surface area is 173 Å². The Morgan fingerprint density at radius 1 is 1.28 bits per heavy atom. The van der Waals surface area contributed by atoms with Crippen molar-refractivity contribution in [2.45, 2.75) is 32.9 Å². The largest absolute Gasteiger partial charge is 0.485 e. The highest BCUT2D eigenvalue weighted by atomic mass is 32.1. The molecule has 0 aliphatic carbocycles. The minimum Gasteiger partial charge on any atom is -0.485 e. The molecule has 0 saturated carbocycles. The first-order chi connectivity index (χ1) is 14.1. The maximum atomic E-state index is 12.9. The van der Waals surface area contributed by atoms with Gasteiger partial charge in [-0.1, -0.05) is 19.1 Å². The van der Waals surface area contributed by atoms with Crippen LogP contribution in [0.3, 0.4) is 0 Å². The number of amides is 1. The molecule has 1 N–H and O–H groups in total. The summed E-state index contributed by atoms with van der Waals surface area (Å²) in [5.41, 5.74) is 1.47. The van der Waals surface area contributed by atoms with Crippen LogP contribution in [0.15, 0.2) is 24.3 Å². The molecule has 154 valence electrons. The van der Waals surface area contributed by atoms with Crippen LogP contribution in [0.2, 0.25) is 0 Å². The third kappa shape index (κ3) is 3.95. The monoisotopic (exact) mass is 416 g/mol. The first-order valence-corrected chi connectivity index (χ1v) is 10.7. The lowest BCUT2D eigenvalue weighted by Gasteiger charge is -2.25. The van der Waals surface area contributed by atoms with E-state index in [2.05, 4.69) is 17.1 Å². The van der Waals surface area contributed by atoms with Gasteiger partial charge in [0.1, 0.15) is 11.6 Å². The minimum atomic E-state index is -0.786. The van der Waals surface area contributed by atoms with E-state index in [0.717, 1.165) is 36.5 Å². The summed E-state index contributed by atoms with van der Waals surface area (Å²) in [5, 5.41) is 3.42. The first-order valence-electron chi connectivity index (χ1n) is 9.84. The number of nitrogens with one attached hydrogen (secondary N) is 1. The molecule has 0 unspecified atom stereocenters. The van der Waals surface area contributed by atoms with Crippen LogP contribution in [0.1, 0.15) is 34.6 Å². The van der Waals surface area contributed by atoms with Gasteiger partial charge in [-0.05, 0) is 37.6 Å². The number of carbonyl (C=O) groups excluding carboxylic acids is 2. The molecule has 2 aliphatic heterocycles. The number of hydrogen-bond acceptors (Lipinski definition) is 7. The first kappa shape index (κ1) is 19.7. The van der Waals surface area contributed by atoms with Gasteiger partial charge in [0.2, 0.25) is 6.10 Å². The molecule has 8 heteroatoms. The molecule has 7 nitrogen and oxygen atoms in total. The Bertz CT molecular complexity index is 926. The van der Waals surface area contributed by atoms with Gasteiger partial charge in [-0.3, -0.25) is 9.69 Å². The molecule has 0 bridgehead atoms. The molecule has 3 heterocycles. The molecule has 2 aromatic rings. The number of ether oxygens (including phenoxy) is 3. The van der Waals surface area contributed by atoms with Crippen molar-refractivity contribution in [3.05, 3.63) is 40.3 Å². The third-order valence-corrected chi connectivity index (χ3v) is 6.23. The van der Waals surface area contributed by atoms with E-state index in [1.165, 1.54) is 11.3 Å². The topological polar surface area (TPSA) is 77.1 Å². The van der Waals surface area contributed by atoms with E-state index in [-0.39, 0.29) is 19.1 Å². The van der Waals surface area contributed by atoms with Crippen molar-refractivity contribution in [3.63, 3.8) is 0 Å². The molecule has 0 saturated heterocycles. The smallest absolute Gasteiger partial charge is 0.341 e. The standard InChI is InChI=1S/C21H24N2O5S/c1-3-23-10-9-13-17(11-23)29-20(18(13)21(25)26-4-2)22-19(24)16-12-27-14-7-5-6-8-15(14)28-16/h5-8,16H,3-4,9-12H2,1-2H3,(H,22,24)/t16-/m1/s1. The molecule has 1 atom stereocenters. The van der Waals surface area contributed by atoms with Crippen molar-refractivity contribution in [1.29, 1.82) is 0 Å². The van der Waals surface area contributed by atoms with Crippen molar-refractivity contribution in [2.24, 2.45) is 0 Å². The second kappa shape index (κ2) is 8.42. The van der Waals surface area contributed by atoms with Crippen molar-refractivity contribution in [1.82, 2.24) is 4.90 Å². The summed E-state index contributed by atoms with van der Waals surface area (Å²) < 4.78 is 16.7. The molecule has 29 heavy (non-hydrogen) atoms. The highest BCUT2D eigenvalue weighted by molar-refractivity contribution is 7.17. The van der Waals surface area contributed by atoms with Crippen molar-refractivity contribution in [2.75, 3.05) is 31.6 Å². The fourth-order valence-corrected chi connectivity index (χ4v) is 4.86. The summed E-state index contributed by atoms with van der Waals surface area (Å²) in [6.07, 6.45) is -0.0219. The number of carbonyl (C=O) groups is 2. The molecule has 0 spiro atoms. The fraction of sp³-hybridized carbons (Fsp3) is 0.429. The zero-order valence-corrected chi connectivity index (χ0v) is 17.3. The van der Waals surface area contributed by atoms with E-state index in [1.54, 1.807) is 19.1 Å². The van der Waals surface area contributed by atoms with Crippen LogP contribution in [0.5, 0.6) is 11.5 Å². The van der Waals surface area contributed by atoms with Gasteiger partial charge in [0, 0.05) is 18.0 Å². The molecule has 1 amide bonds. The molecule has 1 aromatic carbocycles. The highest BCUT2D eigenvalue weighted by Crippen LogP contribution is 2.38. The maximum Gasteiger partial charge on any atom is 0.341 e. The Hall–Kier alpha value is -2.58. The lowest BCUT2D eigenvalue weighted by atomic mass is 10.0. The number of benzene rings is 1. The van der Waals surface area contributed by atoms with Crippen LogP contribution in [-0.2, 0) is 22.5 Å². The molecule has 0 radical (unpaired) electrons. The quantitative estimate of drug-likeness (QED) is 0.755. The van der Waals surface area contributed by atoms with Gasteiger partial charge >= 0.3 is 5.97 Å². The summed E-state index contributed by atoms with van der Waals surface area (Å²) >= 11 is 1.44. The normalized spacial score (nSPS) is 18.1. The van der Waals surface area contributed by atoms with E-state index in [9.17, 15) is 9.59 Å². The second-order valence-corrected chi connectivity index (χ2v) is 8.01. The van der Waals surface area contributed by atoms with E-state index in [4.69, 9.17) is 14.2 Å². The number of esters is 1. The number of likely N-dealkylation sites (N-methyl/N-ethyl adjacent to an activating group) is 1. The molecule has 1 aromatic heterocycles. The SMILES string of the molecule is CCOC(=O)c1c(NC(=O)[C@H]2COc3ccccc3O2)sc2c1CCN(CC)C2. The van der Waals surface area contributed by atoms with E-state index in [1.807, 2.05) is 12.1 Å². The van der Waals surface area contributed by atoms with Gasteiger partial charge in [0.05, 0.1) is 12.2 Å². The summed E-state index contributed by atoms with van der Waals surface area (Å²) in [6, 6.07) is 7.25. The highest BCUT2D eigenvalue weighted by Gasteiger charge is 2.32. The van der Waals surface area contributed by atoms with Gasteiger partial charge in [-0.25, -0.2) is 4.79 Å². The van der Waals surface area contributed by atoms with E-state index in [0.29, 0.717) is 22.1 Å². The zero-order valence-electron chi connectivity index (χ0n) is 16.5. The molecular weight excluding hydrogens is 392 g/mol. The molecule has 2 aliphatic rings. The average molecular weight is 416 g/mol. The van der Waals surface area contributed by atoms with Gasteiger partial charge in [-0.2, -0.15) is 0 Å². The number of para-hydroxylation sites is 2. The van der Waals surface area contributed by atoms with Crippen LogP contribution in [0.4, 0.5) is 5.00 Å². The van der Waals surface area contributed by atoms with Gasteiger partial charge in [0.25, 0.3) is 5.91 Å². The predicted octanol–water partition coefficient (Wildman–Crippen LogP) is 3.08. The van der Waals surface area contributed by atoms with Crippen LogP contribution in [-0.4, -0.2) is 49.2 Å². The van der Waals surface area contributed by atoms with Crippen molar-refractivity contribution in [3.8, 4) is 11.5 Å². The van der Waals surface area contributed by atoms with Crippen LogP contribution < -0.4 is 14.8 Å². The fourth-order valence-electron chi connectivity index (χ4n) is 3.57. The van der Waals surface area contributed by atoms with Gasteiger partial charge < -0.3 is 19.5 Å². The maximum absolute atomic E-state index is 12.9. The third-order valence-electron chi connectivity index (χ3n) is 5.10. The summed E-state index contributed by atoms with van der Waals surface area (Å²) in [4.78, 5) is 28.9. The second-order valence-electron chi connectivity index (χ2n) is 6.90. The lowest BCUT2D eigenvalue weighted by Crippen LogP contribution is -2.40. The molecular formula is C21H24N2O5S. The molecule has 0 fully saturated rings. The van der Waals surface area contributed by atoms with Crippen LogP contribution in [0, 0.1) is 0 Å². The van der Waals surface area contributed by atoms with Gasteiger partial charge in [0.15, 0.2) is 11.5 Å². The van der Waals surface area contributed by atoms with Crippen molar-refractivity contribution >= 4 is 28.2 Å². The summed E-state index contributed by atoms with van der Waals surface area (Å²) in [5.74, 6) is 0.427. The Morgan fingerprint density at radius 3 is 2.83 bits per heavy atom. The average Bonchev–Trinajstić information content (AvgIpc) is 3.10. The number of nitrogens with zero attached hydrogens (tertiary/aromatic N) is 1. The van der Waals surface area contributed by atoms with E-state index < -0.39 is 12.1 Å². The number of hydrogen-bond donors (Lipinski definition) is 1. The number of anilines is 1. The number of thiophene rings is 1. The lowest BCUT2D eigenvalue weighted by molar-refractivity contribution is -0.125. The summed E-state index contributed by atoms with van der Waals surface area (Å²) in [6.45, 7) is 6.90. The number of fused-ring (bicyclic) bond motifs is 2. The van der Waals surface area contributed by atoms with Crippen molar-refractivity contribution < 1.29 is 23.8 Å². The molecule has 4 rings (SSSR count). The van der Waals surface area contributed by atoms with Gasteiger partial charge in [-0.15, -0.1) is 11.3 Å². The predicted molar refractivity (Wildman–Crippen MR) is 110 cm³/mol. The summed E-state index contributed by atoms with van der Waals surface area (Å²) in [7, 11) is 0. The number of rotatable bonds is 5.